The molecule has 1 aromatic heterocycles. The molecule has 6 rings (SSSR count). The van der Waals surface area contributed by atoms with Crippen LogP contribution in [0.4, 0.5) is 35.9 Å². The Morgan fingerprint density at radius 2 is 1.79 bits per heavy atom. The van der Waals surface area contributed by atoms with Crippen LogP contribution in [0.3, 0.4) is 0 Å². The SMILES string of the molecule is CN1CCC(NC(=O)C2CCN(c3ccc(N4CC(=O)Nc5cnc6ccc(Br)cc6c54)cc3C(F)(F)F)CC2)CC1. The Morgan fingerprint density at radius 3 is 2.50 bits per heavy atom. The maximum absolute atomic E-state index is 14.5. The number of likely N-dealkylation sites (tertiary alicyclic amines) is 1. The topological polar surface area (TPSA) is 80.8 Å². The van der Waals surface area contributed by atoms with Crippen LogP contribution in [0, 0.1) is 5.92 Å². The van der Waals surface area contributed by atoms with Gasteiger partial charge >= 0.3 is 6.18 Å². The number of rotatable bonds is 4. The van der Waals surface area contributed by atoms with Gasteiger partial charge in [0.05, 0.1) is 28.7 Å². The first-order valence-corrected chi connectivity index (χ1v) is 15.0. The van der Waals surface area contributed by atoms with Gasteiger partial charge in [-0.05, 0) is 82.2 Å². The minimum Gasteiger partial charge on any atom is -0.371 e. The third-order valence-electron chi connectivity index (χ3n) is 8.52. The Morgan fingerprint density at radius 1 is 1.05 bits per heavy atom. The number of halogens is 4. The van der Waals surface area contributed by atoms with Crippen LogP contribution >= 0.6 is 15.9 Å². The van der Waals surface area contributed by atoms with Gasteiger partial charge in [-0.15, -0.1) is 0 Å². The molecule has 0 saturated carbocycles. The average molecular weight is 646 g/mol. The predicted molar refractivity (Wildman–Crippen MR) is 160 cm³/mol. The van der Waals surface area contributed by atoms with E-state index in [1.807, 2.05) is 18.2 Å². The van der Waals surface area contributed by atoms with Gasteiger partial charge in [-0.3, -0.25) is 14.6 Å². The minimum absolute atomic E-state index is 0.00555. The fourth-order valence-corrected chi connectivity index (χ4v) is 6.58. The van der Waals surface area contributed by atoms with Gasteiger partial charge in [0.1, 0.15) is 6.54 Å². The van der Waals surface area contributed by atoms with Gasteiger partial charge < -0.3 is 25.3 Å². The molecule has 3 aliphatic heterocycles. The fraction of sp³-hybridized carbons (Fsp3) is 0.433. The van der Waals surface area contributed by atoms with Crippen LogP contribution in [0.25, 0.3) is 10.9 Å². The van der Waals surface area contributed by atoms with Crippen LogP contribution in [-0.2, 0) is 15.8 Å². The van der Waals surface area contributed by atoms with Crippen molar-refractivity contribution in [3.05, 3.63) is 52.6 Å². The zero-order chi connectivity index (χ0) is 29.6. The number of anilines is 4. The van der Waals surface area contributed by atoms with E-state index in [9.17, 15) is 22.8 Å². The first-order chi connectivity index (χ1) is 20.1. The number of amides is 2. The van der Waals surface area contributed by atoms with E-state index in [-0.39, 0.29) is 41.7 Å². The van der Waals surface area contributed by atoms with Crippen LogP contribution in [0.5, 0.6) is 0 Å². The van der Waals surface area contributed by atoms with Crippen molar-refractivity contribution in [3.63, 3.8) is 0 Å². The standard InChI is InChI=1S/C30H32BrF3N6O2/c1-38-10-8-20(9-11-38)36-29(42)18-6-12-39(13-7-18)26-5-3-21(15-23(26)30(32,33)34)40-17-27(41)37-25-16-35-24-4-2-19(31)14-22(24)28(25)40/h2-5,14-16,18,20H,6-13,17H2,1H3,(H,36,42)(H,37,41). The third-order valence-corrected chi connectivity index (χ3v) is 9.01. The highest BCUT2D eigenvalue weighted by Gasteiger charge is 2.38. The summed E-state index contributed by atoms with van der Waals surface area (Å²) in [6.07, 6.45) is -0.278. The number of alkyl halides is 3. The number of carbonyl (C=O) groups is 2. The molecule has 4 heterocycles. The van der Waals surface area contributed by atoms with Gasteiger partial charge in [0.25, 0.3) is 0 Å². The quantitative estimate of drug-likeness (QED) is 0.389. The molecule has 8 nitrogen and oxygen atoms in total. The van der Waals surface area contributed by atoms with Crippen molar-refractivity contribution in [2.75, 3.05) is 54.9 Å². The maximum Gasteiger partial charge on any atom is 0.418 e. The Balaban J connectivity index is 1.25. The van der Waals surface area contributed by atoms with E-state index in [0.717, 1.165) is 36.5 Å². The molecule has 0 spiro atoms. The average Bonchev–Trinajstić information content (AvgIpc) is 2.97. The number of aromatic nitrogens is 1. The molecule has 2 saturated heterocycles. The second-order valence-corrected chi connectivity index (χ2v) is 12.3. The number of nitrogens with zero attached hydrogens (tertiary/aromatic N) is 4. The number of fused-ring (bicyclic) bond motifs is 3. The van der Waals surface area contributed by atoms with Gasteiger partial charge in [-0.1, -0.05) is 15.9 Å². The van der Waals surface area contributed by atoms with E-state index in [1.165, 1.54) is 12.3 Å². The summed E-state index contributed by atoms with van der Waals surface area (Å²) in [5.74, 6) is -0.540. The zero-order valence-corrected chi connectivity index (χ0v) is 24.8. The number of benzene rings is 2. The van der Waals surface area contributed by atoms with E-state index >= 15 is 0 Å². The molecule has 2 aromatic carbocycles. The summed E-state index contributed by atoms with van der Waals surface area (Å²) in [5, 5.41) is 6.67. The molecule has 42 heavy (non-hydrogen) atoms. The van der Waals surface area contributed by atoms with Crippen molar-refractivity contribution < 1.29 is 22.8 Å². The molecule has 0 aliphatic carbocycles. The lowest BCUT2D eigenvalue weighted by atomic mass is 9.93. The Hall–Kier alpha value is -3.38. The van der Waals surface area contributed by atoms with Crippen LogP contribution in [0.15, 0.2) is 47.1 Å². The van der Waals surface area contributed by atoms with Crippen molar-refractivity contribution in [1.82, 2.24) is 15.2 Å². The highest BCUT2D eigenvalue weighted by molar-refractivity contribution is 9.10. The van der Waals surface area contributed by atoms with E-state index < -0.39 is 11.7 Å². The molecule has 0 unspecified atom stereocenters. The molecule has 0 bridgehead atoms. The van der Waals surface area contributed by atoms with E-state index in [2.05, 4.69) is 43.5 Å². The molecule has 2 amide bonds. The first kappa shape index (κ1) is 28.7. The summed E-state index contributed by atoms with van der Waals surface area (Å²) in [5.41, 5.74) is 1.29. The highest BCUT2D eigenvalue weighted by Crippen LogP contribution is 2.45. The van der Waals surface area contributed by atoms with Crippen molar-refractivity contribution in [2.45, 2.75) is 37.9 Å². The van der Waals surface area contributed by atoms with Crippen molar-refractivity contribution >= 4 is 61.4 Å². The minimum atomic E-state index is -4.61. The van der Waals surface area contributed by atoms with Gasteiger partial charge in [-0.2, -0.15) is 13.2 Å². The predicted octanol–water partition coefficient (Wildman–Crippen LogP) is 5.53. The fourth-order valence-electron chi connectivity index (χ4n) is 6.22. The van der Waals surface area contributed by atoms with Gasteiger partial charge in [0.2, 0.25) is 11.8 Å². The lowest BCUT2D eigenvalue weighted by molar-refractivity contribution is -0.137. The molecular weight excluding hydrogens is 613 g/mol. The maximum atomic E-state index is 14.5. The molecule has 222 valence electrons. The lowest BCUT2D eigenvalue weighted by Gasteiger charge is -2.37. The van der Waals surface area contributed by atoms with Crippen molar-refractivity contribution in [2.24, 2.45) is 5.92 Å². The Labute approximate surface area is 250 Å². The number of carbonyl (C=O) groups excluding carboxylic acids is 2. The third kappa shape index (κ3) is 5.78. The van der Waals surface area contributed by atoms with Crippen molar-refractivity contribution in [1.29, 1.82) is 0 Å². The normalized spacial score (nSPS) is 19.1. The number of hydrogen-bond donors (Lipinski definition) is 2. The van der Waals surface area contributed by atoms with Gasteiger partial charge in [-0.25, -0.2) is 0 Å². The molecule has 3 aliphatic rings. The van der Waals surface area contributed by atoms with Crippen LogP contribution < -0.4 is 20.4 Å². The first-order valence-electron chi connectivity index (χ1n) is 14.2. The van der Waals surface area contributed by atoms with Crippen LogP contribution in [-0.4, -0.2) is 67.5 Å². The largest absolute Gasteiger partial charge is 0.418 e. The molecule has 2 N–H and O–H groups in total. The van der Waals surface area contributed by atoms with E-state index in [0.29, 0.717) is 48.2 Å². The summed E-state index contributed by atoms with van der Waals surface area (Å²) < 4.78 is 44.3. The Bertz CT molecular complexity index is 1520. The molecule has 12 heteroatoms. The number of piperidine rings is 2. The number of hydrogen-bond acceptors (Lipinski definition) is 6. The molecular formula is C30H32BrF3N6O2. The second kappa shape index (κ2) is 11.4. The monoisotopic (exact) mass is 644 g/mol. The summed E-state index contributed by atoms with van der Waals surface area (Å²) >= 11 is 3.46. The summed E-state index contributed by atoms with van der Waals surface area (Å²) in [7, 11) is 2.07. The van der Waals surface area contributed by atoms with Crippen LogP contribution in [0.2, 0.25) is 0 Å². The second-order valence-electron chi connectivity index (χ2n) is 11.4. The molecule has 2 fully saturated rings. The zero-order valence-electron chi connectivity index (χ0n) is 23.2. The van der Waals surface area contributed by atoms with E-state index in [1.54, 1.807) is 15.9 Å². The van der Waals surface area contributed by atoms with Crippen molar-refractivity contribution in [3.8, 4) is 0 Å². The summed E-state index contributed by atoms with van der Waals surface area (Å²) in [6, 6.07) is 9.91. The summed E-state index contributed by atoms with van der Waals surface area (Å²) in [6.45, 7) is 2.46. The summed E-state index contributed by atoms with van der Waals surface area (Å²) in [4.78, 5) is 35.5. The van der Waals surface area contributed by atoms with Gasteiger partial charge in [0.15, 0.2) is 0 Å². The lowest BCUT2D eigenvalue weighted by Crippen LogP contribution is -2.47. The highest BCUT2D eigenvalue weighted by atomic mass is 79.9. The van der Waals surface area contributed by atoms with Gasteiger partial charge in [0, 0.05) is 46.3 Å². The molecule has 0 radical (unpaired) electrons. The number of pyridine rings is 1. The molecule has 3 aromatic rings. The van der Waals surface area contributed by atoms with E-state index in [4.69, 9.17) is 0 Å². The smallest absolute Gasteiger partial charge is 0.371 e. The number of nitrogens with one attached hydrogen (secondary N) is 2. The molecule has 0 atom stereocenters. The van der Waals surface area contributed by atoms with Crippen LogP contribution in [0.1, 0.15) is 31.2 Å². The Kier molecular flexibility index (Phi) is 7.77.